The highest BCUT2D eigenvalue weighted by atomic mass is 16.5. The standard InChI is InChI=1S/C14H17N5O2/c1-9-11(4-5-12(15)17-9)21-10-6-7-16-13(8-10)18-14(20)19(2)3/h4-8H,1-3H3,(H2,15,17)(H,16,18,20). The smallest absolute Gasteiger partial charge is 0.322 e. The van der Waals surface area contributed by atoms with Gasteiger partial charge in [-0.1, -0.05) is 0 Å². The number of urea groups is 1. The summed E-state index contributed by atoms with van der Waals surface area (Å²) in [7, 11) is 3.30. The van der Waals surface area contributed by atoms with Crippen molar-refractivity contribution in [1.82, 2.24) is 14.9 Å². The van der Waals surface area contributed by atoms with Gasteiger partial charge in [-0.15, -0.1) is 0 Å². The lowest BCUT2D eigenvalue weighted by molar-refractivity contribution is 0.230. The number of carbonyl (C=O) groups excluding carboxylic acids is 1. The monoisotopic (exact) mass is 287 g/mol. The highest BCUT2D eigenvalue weighted by Gasteiger charge is 2.07. The van der Waals surface area contributed by atoms with Gasteiger partial charge < -0.3 is 15.4 Å². The third kappa shape index (κ3) is 3.82. The summed E-state index contributed by atoms with van der Waals surface area (Å²) in [6.07, 6.45) is 1.56. The zero-order chi connectivity index (χ0) is 15.4. The van der Waals surface area contributed by atoms with E-state index in [-0.39, 0.29) is 6.03 Å². The molecule has 2 aromatic heterocycles. The molecule has 0 aromatic carbocycles. The number of nitrogen functional groups attached to an aromatic ring is 1. The van der Waals surface area contributed by atoms with Gasteiger partial charge in [-0.25, -0.2) is 14.8 Å². The molecule has 7 heteroatoms. The molecule has 0 spiro atoms. The van der Waals surface area contributed by atoms with Gasteiger partial charge in [-0.2, -0.15) is 0 Å². The molecule has 0 aliphatic rings. The molecule has 0 unspecified atom stereocenters. The normalized spacial score (nSPS) is 10.0. The molecule has 2 amide bonds. The molecular formula is C14H17N5O2. The summed E-state index contributed by atoms with van der Waals surface area (Å²) >= 11 is 0. The number of aromatic nitrogens is 2. The number of hydrogen-bond donors (Lipinski definition) is 2. The summed E-state index contributed by atoms with van der Waals surface area (Å²) in [5, 5.41) is 2.65. The Kier molecular flexibility index (Phi) is 4.22. The number of anilines is 2. The van der Waals surface area contributed by atoms with Crippen LogP contribution in [0.4, 0.5) is 16.4 Å². The molecule has 2 rings (SSSR count). The van der Waals surface area contributed by atoms with E-state index in [0.29, 0.717) is 28.8 Å². The second-order valence-electron chi connectivity index (χ2n) is 4.62. The Morgan fingerprint density at radius 3 is 2.76 bits per heavy atom. The number of nitrogens with two attached hydrogens (primary N) is 1. The highest BCUT2D eigenvalue weighted by Crippen LogP contribution is 2.25. The first-order valence-electron chi connectivity index (χ1n) is 6.31. The van der Waals surface area contributed by atoms with Gasteiger partial charge in [-0.05, 0) is 25.1 Å². The van der Waals surface area contributed by atoms with Crippen LogP contribution in [0.25, 0.3) is 0 Å². The average molecular weight is 287 g/mol. The van der Waals surface area contributed by atoms with Gasteiger partial charge >= 0.3 is 6.03 Å². The Morgan fingerprint density at radius 1 is 1.33 bits per heavy atom. The average Bonchev–Trinajstić information content (AvgIpc) is 2.42. The first-order valence-corrected chi connectivity index (χ1v) is 6.31. The van der Waals surface area contributed by atoms with Crippen LogP contribution < -0.4 is 15.8 Å². The fraction of sp³-hybridized carbons (Fsp3) is 0.214. The van der Waals surface area contributed by atoms with Gasteiger partial charge in [0.15, 0.2) is 0 Å². The van der Waals surface area contributed by atoms with Gasteiger partial charge in [0.2, 0.25) is 0 Å². The van der Waals surface area contributed by atoms with Crippen molar-refractivity contribution in [2.45, 2.75) is 6.92 Å². The van der Waals surface area contributed by atoms with Crippen LogP contribution in [-0.2, 0) is 0 Å². The predicted molar refractivity (Wildman–Crippen MR) is 80.4 cm³/mol. The quantitative estimate of drug-likeness (QED) is 0.903. The molecule has 0 bridgehead atoms. The number of carbonyl (C=O) groups is 1. The fourth-order valence-electron chi connectivity index (χ4n) is 1.57. The van der Waals surface area contributed by atoms with Crippen LogP contribution in [0.15, 0.2) is 30.5 Å². The topological polar surface area (TPSA) is 93.4 Å². The molecule has 0 fully saturated rings. The summed E-state index contributed by atoms with van der Waals surface area (Å²) in [6.45, 7) is 1.81. The minimum Gasteiger partial charge on any atom is -0.455 e. The maximum absolute atomic E-state index is 11.6. The lowest BCUT2D eigenvalue weighted by Crippen LogP contribution is -2.27. The number of amides is 2. The molecule has 7 nitrogen and oxygen atoms in total. The van der Waals surface area contributed by atoms with Crippen molar-refractivity contribution < 1.29 is 9.53 Å². The first kappa shape index (κ1) is 14.6. The van der Waals surface area contributed by atoms with Gasteiger partial charge in [0.05, 0.1) is 5.69 Å². The zero-order valence-electron chi connectivity index (χ0n) is 12.1. The van der Waals surface area contributed by atoms with E-state index in [0.717, 1.165) is 0 Å². The SMILES string of the molecule is Cc1nc(N)ccc1Oc1ccnc(NC(=O)N(C)C)c1. The molecular weight excluding hydrogens is 270 g/mol. The lowest BCUT2D eigenvalue weighted by atomic mass is 10.3. The zero-order valence-corrected chi connectivity index (χ0v) is 12.1. The summed E-state index contributed by atoms with van der Waals surface area (Å²) in [5.41, 5.74) is 6.29. The van der Waals surface area contributed by atoms with E-state index in [1.54, 1.807) is 44.6 Å². The summed E-state index contributed by atoms with van der Waals surface area (Å²) < 4.78 is 5.72. The second kappa shape index (κ2) is 6.08. The molecule has 0 aliphatic heterocycles. The van der Waals surface area contributed by atoms with Crippen molar-refractivity contribution in [1.29, 1.82) is 0 Å². The van der Waals surface area contributed by atoms with Crippen LogP contribution in [0.2, 0.25) is 0 Å². The minimum atomic E-state index is -0.259. The van der Waals surface area contributed by atoms with E-state index in [4.69, 9.17) is 10.5 Å². The van der Waals surface area contributed by atoms with E-state index in [1.807, 2.05) is 6.92 Å². The van der Waals surface area contributed by atoms with Crippen LogP contribution in [0.5, 0.6) is 11.5 Å². The highest BCUT2D eigenvalue weighted by molar-refractivity contribution is 5.88. The molecule has 0 radical (unpaired) electrons. The predicted octanol–water partition coefficient (Wildman–Crippen LogP) is 2.25. The van der Waals surface area contributed by atoms with Crippen molar-refractivity contribution in [3.63, 3.8) is 0 Å². The van der Waals surface area contributed by atoms with E-state index >= 15 is 0 Å². The molecule has 0 aliphatic carbocycles. The van der Waals surface area contributed by atoms with Crippen molar-refractivity contribution in [3.05, 3.63) is 36.2 Å². The molecule has 2 heterocycles. The summed E-state index contributed by atoms with van der Waals surface area (Å²) in [5.74, 6) is 2.00. The van der Waals surface area contributed by atoms with Crippen LogP contribution in [0.3, 0.4) is 0 Å². The number of nitrogens with zero attached hydrogens (tertiary/aromatic N) is 3. The van der Waals surface area contributed by atoms with E-state index in [9.17, 15) is 4.79 Å². The van der Waals surface area contributed by atoms with Crippen molar-refractivity contribution in [3.8, 4) is 11.5 Å². The number of aryl methyl sites for hydroxylation is 1. The third-order valence-electron chi connectivity index (χ3n) is 2.66. The summed E-state index contributed by atoms with van der Waals surface area (Å²) in [4.78, 5) is 21.2. The number of nitrogens with one attached hydrogen (secondary N) is 1. The Labute approximate surface area is 122 Å². The largest absolute Gasteiger partial charge is 0.455 e. The number of ether oxygens (including phenoxy) is 1. The Morgan fingerprint density at radius 2 is 2.10 bits per heavy atom. The second-order valence-corrected chi connectivity index (χ2v) is 4.62. The molecule has 2 aromatic rings. The van der Waals surface area contributed by atoms with Crippen molar-refractivity contribution in [2.75, 3.05) is 25.1 Å². The minimum absolute atomic E-state index is 0.259. The summed E-state index contributed by atoms with van der Waals surface area (Å²) in [6, 6.07) is 6.48. The Balaban J connectivity index is 2.16. The van der Waals surface area contributed by atoms with Crippen molar-refractivity contribution >= 4 is 17.7 Å². The fourth-order valence-corrected chi connectivity index (χ4v) is 1.57. The van der Waals surface area contributed by atoms with Crippen LogP contribution in [0.1, 0.15) is 5.69 Å². The van der Waals surface area contributed by atoms with Gasteiger partial charge in [0.1, 0.15) is 23.1 Å². The van der Waals surface area contributed by atoms with Crippen LogP contribution in [-0.4, -0.2) is 35.0 Å². The van der Waals surface area contributed by atoms with Gasteiger partial charge in [0, 0.05) is 26.4 Å². The number of pyridine rings is 2. The first-order chi connectivity index (χ1) is 9.95. The third-order valence-corrected chi connectivity index (χ3v) is 2.66. The van der Waals surface area contributed by atoms with E-state index in [1.165, 1.54) is 4.90 Å². The molecule has 0 saturated carbocycles. The van der Waals surface area contributed by atoms with Gasteiger partial charge in [-0.3, -0.25) is 5.32 Å². The lowest BCUT2D eigenvalue weighted by Gasteiger charge is -2.12. The van der Waals surface area contributed by atoms with Crippen molar-refractivity contribution in [2.24, 2.45) is 0 Å². The maximum Gasteiger partial charge on any atom is 0.322 e. The maximum atomic E-state index is 11.6. The Hall–Kier alpha value is -2.83. The van der Waals surface area contributed by atoms with E-state index < -0.39 is 0 Å². The number of rotatable bonds is 3. The molecule has 3 N–H and O–H groups in total. The molecule has 0 atom stereocenters. The molecule has 0 saturated heterocycles. The van der Waals surface area contributed by atoms with Crippen LogP contribution in [0, 0.1) is 6.92 Å². The molecule has 110 valence electrons. The Bertz CT molecular complexity index is 658. The molecule has 21 heavy (non-hydrogen) atoms. The number of hydrogen-bond acceptors (Lipinski definition) is 5. The van der Waals surface area contributed by atoms with Gasteiger partial charge in [0.25, 0.3) is 0 Å². The van der Waals surface area contributed by atoms with E-state index in [2.05, 4.69) is 15.3 Å². The van der Waals surface area contributed by atoms with Crippen LogP contribution >= 0.6 is 0 Å².